The smallest absolute Gasteiger partial charge is 0.135 e. The van der Waals surface area contributed by atoms with E-state index in [0.717, 1.165) is 66.2 Å². The highest BCUT2D eigenvalue weighted by Crippen LogP contribution is 2.39. The molecule has 3 nitrogen and oxygen atoms in total. The molecule has 2 N–H and O–H groups in total. The number of benzene rings is 5. The molecule has 0 unspecified atom stereocenters. The fraction of sp³-hybridized carbons (Fsp3) is 0. The molecule has 0 saturated carbocycles. The molecule has 0 amide bonds. The van der Waals surface area contributed by atoms with Crippen LogP contribution in [0.5, 0.6) is 0 Å². The SMILES string of the molecule is Nc1cccc2c1c1ccccc1n2-c1ccccc1-c1ccc2oc3ccccc3c2c1. The lowest BCUT2D eigenvalue weighted by molar-refractivity contribution is 0.669. The summed E-state index contributed by atoms with van der Waals surface area (Å²) in [6, 6.07) is 37.8. The Morgan fingerprint density at radius 3 is 2.24 bits per heavy atom. The van der Waals surface area contributed by atoms with E-state index in [2.05, 4.69) is 89.5 Å². The number of hydrogen-bond acceptors (Lipinski definition) is 2. The highest BCUT2D eigenvalue weighted by molar-refractivity contribution is 6.15. The van der Waals surface area contributed by atoms with Gasteiger partial charge >= 0.3 is 0 Å². The summed E-state index contributed by atoms with van der Waals surface area (Å²) in [5.41, 5.74) is 14.8. The summed E-state index contributed by atoms with van der Waals surface area (Å²) < 4.78 is 8.38. The molecule has 2 heterocycles. The minimum absolute atomic E-state index is 0.797. The maximum absolute atomic E-state index is 6.44. The molecule has 5 aromatic carbocycles. The molecule has 0 atom stereocenters. The molecule has 156 valence electrons. The van der Waals surface area contributed by atoms with Crippen LogP contribution in [0.3, 0.4) is 0 Å². The van der Waals surface area contributed by atoms with E-state index < -0.39 is 0 Å². The van der Waals surface area contributed by atoms with Gasteiger partial charge in [-0.15, -0.1) is 0 Å². The van der Waals surface area contributed by atoms with Gasteiger partial charge in [0, 0.05) is 32.8 Å². The lowest BCUT2D eigenvalue weighted by Gasteiger charge is -2.14. The van der Waals surface area contributed by atoms with Gasteiger partial charge in [0.2, 0.25) is 0 Å². The summed E-state index contributed by atoms with van der Waals surface area (Å²) in [5.74, 6) is 0. The summed E-state index contributed by atoms with van der Waals surface area (Å²) in [6.07, 6.45) is 0. The van der Waals surface area contributed by atoms with Gasteiger partial charge in [-0.3, -0.25) is 0 Å². The van der Waals surface area contributed by atoms with Gasteiger partial charge in [-0.05, 0) is 48.0 Å². The zero-order valence-corrected chi connectivity index (χ0v) is 17.8. The van der Waals surface area contributed by atoms with E-state index in [4.69, 9.17) is 10.2 Å². The number of aromatic nitrogens is 1. The fourth-order valence-electron chi connectivity index (χ4n) is 5.11. The van der Waals surface area contributed by atoms with Crippen molar-refractivity contribution < 1.29 is 4.42 Å². The Hall–Kier alpha value is -4.50. The van der Waals surface area contributed by atoms with Gasteiger partial charge in [-0.2, -0.15) is 0 Å². The maximum atomic E-state index is 6.44. The number of furan rings is 1. The Kier molecular flexibility index (Phi) is 3.70. The summed E-state index contributed by atoms with van der Waals surface area (Å²) >= 11 is 0. The van der Waals surface area contributed by atoms with Crippen LogP contribution in [-0.4, -0.2) is 4.57 Å². The van der Waals surface area contributed by atoms with Crippen molar-refractivity contribution in [1.29, 1.82) is 0 Å². The van der Waals surface area contributed by atoms with Crippen molar-refractivity contribution in [1.82, 2.24) is 4.57 Å². The van der Waals surface area contributed by atoms with Crippen molar-refractivity contribution in [2.45, 2.75) is 0 Å². The van der Waals surface area contributed by atoms with E-state index in [1.165, 1.54) is 0 Å². The summed E-state index contributed by atoms with van der Waals surface area (Å²) in [6.45, 7) is 0. The normalized spacial score (nSPS) is 11.8. The Morgan fingerprint density at radius 1 is 0.576 bits per heavy atom. The molecule has 0 spiro atoms. The standard InChI is InChI=1S/C30H20N2O/c31-24-11-7-14-27-30(24)22-10-2-5-13-26(22)32(27)25-12-4-1-8-20(25)19-16-17-29-23(18-19)21-9-3-6-15-28(21)33-29/h1-18H,31H2. The Bertz CT molecular complexity index is 1840. The molecule has 0 aliphatic rings. The molecule has 7 aromatic rings. The third kappa shape index (κ3) is 2.56. The molecule has 0 saturated heterocycles. The molecule has 2 aromatic heterocycles. The van der Waals surface area contributed by atoms with Gasteiger partial charge < -0.3 is 14.7 Å². The van der Waals surface area contributed by atoms with Crippen LogP contribution in [0, 0.1) is 0 Å². The first-order chi connectivity index (χ1) is 16.3. The highest BCUT2D eigenvalue weighted by Gasteiger charge is 2.17. The first-order valence-corrected chi connectivity index (χ1v) is 11.1. The second kappa shape index (κ2) is 6.75. The first-order valence-electron chi connectivity index (χ1n) is 11.1. The summed E-state index contributed by atoms with van der Waals surface area (Å²) in [4.78, 5) is 0. The molecular formula is C30H20N2O. The van der Waals surface area contributed by atoms with Crippen LogP contribution in [-0.2, 0) is 0 Å². The predicted octanol–water partition coefficient (Wildman–Crippen LogP) is 7.93. The minimum atomic E-state index is 0.797. The van der Waals surface area contributed by atoms with Gasteiger partial charge in [0.05, 0.1) is 16.7 Å². The molecule has 0 fully saturated rings. The number of hydrogen-bond donors (Lipinski definition) is 1. The first kappa shape index (κ1) is 18.1. The van der Waals surface area contributed by atoms with Crippen molar-refractivity contribution in [2.24, 2.45) is 0 Å². The van der Waals surface area contributed by atoms with Gasteiger partial charge in [0.25, 0.3) is 0 Å². The van der Waals surface area contributed by atoms with Crippen LogP contribution < -0.4 is 5.73 Å². The predicted molar refractivity (Wildman–Crippen MR) is 138 cm³/mol. The van der Waals surface area contributed by atoms with E-state index in [1.807, 2.05) is 24.3 Å². The van der Waals surface area contributed by atoms with Crippen molar-refractivity contribution in [2.75, 3.05) is 5.73 Å². The molecule has 7 rings (SSSR count). The lowest BCUT2D eigenvalue weighted by Crippen LogP contribution is -1.97. The number of para-hydroxylation sites is 3. The van der Waals surface area contributed by atoms with E-state index in [-0.39, 0.29) is 0 Å². The molecule has 0 radical (unpaired) electrons. The molecular weight excluding hydrogens is 404 g/mol. The van der Waals surface area contributed by atoms with Crippen molar-refractivity contribution >= 4 is 49.4 Å². The second-order valence-electron chi connectivity index (χ2n) is 8.42. The van der Waals surface area contributed by atoms with E-state index in [9.17, 15) is 0 Å². The fourth-order valence-corrected chi connectivity index (χ4v) is 5.11. The quantitative estimate of drug-likeness (QED) is 0.286. The highest BCUT2D eigenvalue weighted by atomic mass is 16.3. The molecule has 3 heteroatoms. The Morgan fingerprint density at radius 2 is 1.30 bits per heavy atom. The number of nitrogens with zero attached hydrogens (tertiary/aromatic N) is 1. The van der Waals surface area contributed by atoms with Crippen LogP contribution in [0.4, 0.5) is 5.69 Å². The largest absolute Gasteiger partial charge is 0.456 e. The third-order valence-corrected chi connectivity index (χ3v) is 6.56. The average Bonchev–Trinajstić information content (AvgIpc) is 3.40. The van der Waals surface area contributed by atoms with Crippen molar-refractivity contribution in [3.63, 3.8) is 0 Å². The minimum Gasteiger partial charge on any atom is -0.456 e. The maximum Gasteiger partial charge on any atom is 0.135 e. The zero-order chi connectivity index (χ0) is 21.9. The van der Waals surface area contributed by atoms with Crippen LogP contribution in [0.2, 0.25) is 0 Å². The number of nitrogens with two attached hydrogens (primary N) is 1. The third-order valence-electron chi connectivity index (χ3n) is 6.56. The topological polar surface area (TPSA) is 44.1 Å². The number of nitrogen functional groups attached to an aromatic ring is 1. The van der Waals surface area contributed by atoms with Crippen molar-refractivity contribution in [3.05, 3.63) is 109 Å². The lowest BCUT2D eigenvalue weighted by atomic mass is 10.0. The van der Waals surface area contributed by atoms with E-state index >= 15 is 0 Å². The second-order valence-corrected chi connectivity index (χ2v) is 8.42. The molecule has 0 aliphatic heterocycles. The van der Waals surface area contributed by atoms with Gasteiger partial charge in [-0.25, -0.2) is 0 Å². The van der Waals surface area contributed by atoms with Crippen LogP contribution in [0.1, 0.15) is 0 Å². The summed E-state index contributed by atoms with van der Waals surface area (Å²) in [5, 5.41) is 4.52. The number of anilines is 1. The molecule has 0 bridgehead atoms. The molecule has 0 aliphatic carbocycles. The summed E-state index contributed by atoms with van der Waals surface area (Å²) in [7, 11) is 0. The van der Waals surface area contributed by atoms with Gasteiger partial charge in [0.15, 0.2) is 0 Å². The number of fused-ring (bicyclic) bond motifs is 6. The van der Waals surface area contributed by atoms with Gasteiger partial charge in [-0.1, -0.05) is 66.7 Å². The van der Waals surface area contributed by atoms with Crippen molar-refractivity contribution in [3.8, 4) is 16.8 Å². The zero-order valence-electron chi connectivity index (χ0n) is 17.8. The monoisotopic (exact) mass is 424 g/mol. The number of rotatable bonds is 2. The van der Waals surface area contributed by atoms with E-state index in [1.54, 1.807) is 0 Å². The molecule has 33 heavy (non-hydrogen) atoms. The van der Waals surface area contributed by atoms with Crippen LogP contribution in [0.25, 0.3) is 60.6 Å². The average molecular weight is 425 g/mol. The van der Waals surface area contributed by atoms with E-state index in [0.29, 0.717) is 0 Å². The van der Waals surface area contributed by atoms with Crippen LogP contribution in [0.15, 0.2) is 114 Å². The van der Waals surface area contributed by atoms with Gasteiger partial charge in [0.1, 0.15) is 11.2 Å². The Labute approximate surface area is 190 Å². The van der Waals surface area contributed by atoms with Crippen LogP contribution >= 0.6 is 0 Å². The Balaban J connectivity index is 1.55.